The van der Waals surface area contributed by atoms with Crippen molar-refractivity contribution in [3.8, 4) is 0 Å². The number of aliphatic hydroxyl groups excluding tert-OH is 1. The summed E-state index contributed by atoms with van der Waals surface area (Å²) < 4.78 is 5.32. The van der Waals surface area contributed by atoms with Gasteiger partial charge in [0, 0.05) is 67.6 Å². The van der Waals surface area contributed by atoms with Gasteiger partial charge in [0.1, 0.15) is 0 Å². The highest BCUT2D eigenvalue weighted by Crippen LogP contribution is 2.30. The Kier molecular flexibility index (Phi) is 12.3. The minimum absolute atomic E-state index is 0.103. The Hall–Kier alpha value is -3.53. The number of nitrogens with zero attached hydrogens (tertiary/aromatic N) is 5. The van der Waals surface area contributed by atoms with E-state index in [4.69, 9.17) is 14.9 Å². The Morgan fingerprint density at radius 1 is 0.973 bits per heavy atom. The van der Waals surface area contributed by atoms with Gasteiger partial charge in [-0.1, -0.05) is 12.1 Å². The molecule has 2 N–H and O–H groups in total. The number of pyridine rings is 3. The lowest BCUT2D eigenvalue weighted by Crippen LogP contribution is -2.27. The molecule has 196 valence electrons. The van der Waals surface area contributed by atoms with E-state index in [1.807, 2.05) is 30.7 Å². The van der Waals surface area contributed by atoms with Crippen molar-refractivity contribution < 1.29 is 19.7 Å². The first-order chi connectivity index (χ1) is 18.2. The second-order valence-corrected chi connectivity index (χ2v) is 8.54. The Morgan fingerprint density at radius 2 is 1.73 bits per heavy atom. The molecular formula is C28H35N5O4. The number of aromatic nitrogens is 3. The van der Waals surface area contributed by atoms with Crippen LogP contribution < -0.4 is 0 Å². The topological polar surface area (TPSA) is 121 Å². The maximum Gasteiger partial charge on any atom is 0.337 e. The van der Waals surface area contributed by atoms with E-state index in [2.05, 4.69) is 37.0 Å². The second kappa shape index (κ2) is 16.3. The van der Waals surface area contributed by atoms with Crippen molar-refractivity contribution in [3.63, 3.8) is 0 Å². The highest BCUT2D eigenvalue weighted by molar-refractivity contribution is 6.01. The molecule has 0 radical (unpaired) electrons. The van der Waals surface area contributed by atoms with Crippen LogP contribution in [0.25, 0.3) is 0 Å². The molecule has 1 unspecified atom stereocenters. The van der Waals surface area contributed by atoms with Crippen LogP contribution in [0.15, 0.2) is 78.6 Å². The van der Waals surface area contributed by atoms with E-state index in [1.54, 1.807) is 12.3 Å². The zero-order valence-electron chi connectivity index (χ0n) is 21.0. The molecule has 37 heavy (non-hydrogen) atoms. The van der Waals surface area contributed by atoms with Gasteiger partial charge in [0.05, 0.1) is 25.4 Å². The minimum Gasteiger partial charge on any atom is -0.478 e. The molecule has 0 saturated carbocycles. The summed E-state index contributed by atoms with van der Waals surface area (Å²) >= 11 is 0. The van der Waals surface area contributed by atoms with E-state index in [0.29, 0.717) is 19.3 Å². The Morgan fingerprint density at radius 3 is 2.30 bits per heavy atom. The van der Waals surface area contributed by atoms with E-state index in [0.717, 1.165) is 26.1 Å². The van der Waals surface area contributed by atoms with Crippen LogP contribution in [-0.4, -0.2) is 81.2 Å². The molecule has 1 saturated heterocycles. The molecule has 0 aliphatic carbocycles. The fraction of sp³-hybridized carbons (Fsp3) is 0.393. The summed E-state index contributed by atoms with van der Waals surface area (Å²) in [4.78, 5) is 28.8. The fourth-order valence-electron chi connectivity index (χ4n) is 4.19. The number of aromatic carboxylic acids is 1. The van der Waals surface area contributed by atoms with Crippen molar-refractivity contribution in [2.24, 2.45) is 4.99 Å². The van der Waals surface area contributed by atoms with Crippen LogP contribution in [0.5, 0.6) is 0 Å². The predicted molar refractivity (Wildman–Crippen MR) is 142 cm³/mol. The smallest absolute Gasteiger partial charge is 0.337 e. The standard InChI is InChI=1S/C13H20N2O2.C9H10N2.C6H5NO2/c16-8-10-17-9-7-15-6-2-4-13(15)12-3-1-5-14-11-12;1-3-8(7-10-5-1)9-4-2-6-11-9;8-6(9)5-2-1-3-7-4-5/h1,3,5,11,13,16H,2,4,6-10H2;1,3,5,7H,2,4,6H2;1-4H,(H,8,9). The van der Waals surface area contributed by atoms with Crippen molar-refractivity contribution in [2.45, 2.75) is 31.7 Å². The first-order valence-corrected chi connectivity index (χ1v) is 12.6. The summed E-state index contributed by atoms with van der Waals surface area (Å²) in [6, 6.07) is 11.7. The number of likely N-dealkylation sites (tertiary alicyclic amines) is 1. The van der Waals surface area contributed by atoms with Crippen LogP contribution in [0.1, 0.15) is 53.2 Å². The van der Waals surface area contributed by atoms with Crippen LogP contribution in [0.3, 0.4) is 0 Å². The highest BCUT2D eigenvalue weighted by atomic mass is 16.5. The van der Waals surface area contributed by atoms with Crippen LogP contribution in [0, 0.1) is 0 Å². The molecule has 1 fully saturated rings. The number of carboxylic acids is 1. The number of rotatable bonds is 8. The summed E-state index contributed by atoms with van der Waals surface area (Å²) in [6.07, 6.45) is 15.0. The molecule has 1 atom stereocenters. The van der Waals surface area contributed by atoms with Crippen molar-refractivity contribution >= 4 is 11.7 Å². The van der Waals surface area contributed by atoms with Crippen LogP contribution >= 0.6 is 0 Å². The quantitative estimate of drug-likeness (QED) is 0.445. The maximum absolute atomic E-state index is 10.2. The summed E-state index contributed by atoms with van der Waals surface area (Å²) in [5.41, 5.74) is 3.92. The highest BCUT2D eigenvalue weighted by Gasteiger charge is 2.25. The van der Waals surface area contributed by atoms with E-state index >= 15 is 0 Å². The van der Waals surface area contributed by atoms with Gasteiger partial charge in [0.25, 0.3) is 0 Å². The third kappa shape index (κ3) is 9.80. The third-order valence-corrected chi connectivity index (χ3v) is 5.97. The Bertz CT molecular complexity index is 1070. The van der Waals surface area contributed by atoms with Crippen LogP contribution in [0.2, 0.25) is 0 Å². The molecule has 5 heterocycles. The maximum atomic E-state index is 10.2. The molecule has 3 aromatic heterocycles. The lowest BCUT2D eigenvalue weighted by atomic mass is 10.1. The largest absolute Gasteiger partial charge is 0.478 e. The number of aliphatic imine (C=N–C) groups is 1. The van der Waals surface area contributed by atoms with Gasteiger partial charge < -0.3 is 14.9 Å². The molecule has 9 heteroatoms. The van der Waals surface area contributed by atoms with Gasteiger partial charge in [-0.05, 0) is 62.1 Å². The molecule has 3 aromatic rings. The fourth-order valence-corrected chi connectivity index (χ4v) is 4.19. The first kappa shape index (κ1) is 28.0. The zero-order chi connectivity index (χ0) is 26.1. The second-order valence-electron chi connectivity index (χ2n) is 8.54. The number of hydrogen-bond acceptors (Lipinski definition) is 8. The molecule has 0 amide bonds. The molecule has 0 bridgehead atoms. The summed E-state index contributed by atoms with van der Waals surface area (Å²) in [7, 11) is 0. The molecule has 0 aromatic carbocycles. The van der Waals surface area contributed by atoms with Crippen LogP contribution in [0.4, 0.5) is 0 Å². The molecule has 2 aliphatic rings. The predicted octanol–water partition coefficient (Wildman–Crippen LogP) is 3.67. The Balaban J connectivity index is 0.000000164. The minimum atomic E-state index is -0.942. The average molecular weight is 506 g/mol. The lowest BCUT2D eigenvalue weighted by molar-refractivity contribution is 0.0696. The summed E-state index contributed by atoms with van der Waals surface area (Å²) in [6.45, 7) is 4.28. The van der Waals surface area contributed by atoms with E-state index in [1.165, 1.54) is 54.6 Å². The molecule has 5 rings (SSSR count). The number of ether oxygens (including phenoxy) is 1. The van der Waals surface area contributed by atoms with Gasteiger partial charge >= 0.3 is 5.97 Å². The number of hydrogen-bond donors (Lipinski definition) is 2. The molecular weight excluding hydrogens is 470 g/mol. The van der Waals surface area contributed by atoms with Gasteiger partial charge in [0.15, 0.2) is 0 Å². The zero-order valence-corrected chi connectivity index (χ0v) is 21.0. The van der Waals surface area contributed by atoms with Gasteiger partial charge in [-0.3, -0.25) is 24.8 Å². The van der Waals surface area contributed by atoms with E-state index < -0.39 is 5.97 Å². The first-order valence-electron chi connectivity index (χ1n) is 12.6. The SMILES string of the molecule is O=C(O)c1cccnc1.OCCOCCN1CCCC1c1cccnc1.c1cncc(C2=NCCC2)c1. The van der Waals surface area contributed by atoms with Gasteiger partial charge in [-0.25, -0.2) is 4.79 Å². The molecule has 2 aliphatic heterocycles. The Labute approximate surface area is 217 Å². The van der Waals surface area contributed by atoms with Crippen molar-refractivity contribution in [2.75, 3.05) is 39.5 Å². The molecule has 0 spiro atoms. The summed E-state index contributed by atoms with van der Waals surface area (Å²) in [5.74, 6) is -0.942. The van der Waals surface area contributed by atoms with Gasteiger partial charge in [-0.15, -0.1) is 0 Å². The van der Waals surface area contributed by atoms with E-state index in [9.17, 15) is 4.79 Å². The van der Waals surface area contributed by atoms with Crippen molar-refractivity contribution in [3.05, 3.63) is 90.3 Å². The summed E-state index contributed by atoms with van der Waals surface area (Å²) in [5, 5.41) is 17.0. The van der Waals surface area contributed by atoms with Gasteiger partial charge in [-0.2, -0.15) is 0 Å². The lowest BCUT2D eigenvalue weighted by Gasteiger charge is -2.24. The number of carboxylic acid groups (broad SMARTS) is 1. The monoisotopic (exact) mass is 505 g/mol. The normalized spacial score (nSPS) is 16.7. The molecule has 9 nitrogen and oxygen atoms in total. The van der Waals surface area contributed by atoms with Crippen molar-refractivity contribution in [1.82, 2.24) is 19.9 Å². The van der Waals surface area contributed by atoms with Crippen molar-refractivity contribution in [1.29, 1.82) is 0 Å². The van der Waals surface area contributed by atoms with E-state index in [-0.39, 0.29) is 12.2 Å². The average Bonchev–Trinajstić information content (AvgIpc) is 3.66. The third-order valence-electron chi connectivity index (χ3n) is 5.97. The number of aliphatic hydroxyl groups is 1. The van der Waals surface area contributed by atoms with Crippen LogP contribution in [-0.2, 0) is 4.74 Å². The van der Waals surface area contributed by atoms with Gasteiger partial charge in [0.2, 0.25) is 0 Å². The number of carbonyl (C=O) groups is 1.